The molecule has 5 nitrogen and oxygen atoms in total. The molecule has 1 N–H and O–H groups in total. The SMILES string of the molecule is CC(=O)NC(C)c1ccc2nc(Oc3ccc(OC(C)C)c(Br)c3)ccc2c1. The number of carbonyl (C=O) groups excluding carboxylic acids is 1. The Hall–Kier alpha value is -2.60. The average Bonchev–Trinajstić information content (AvgIpc) is 2.62. The molecule has 1 amide bonds. The summed E-state index contributed by atoms with van der Waals surface area (Å²) in [5, 5.41) is 3.88. The van der Waals surface area contributed by atoms with E-state index in [1.807, 2.05) is 69.3 Å². The number of halogens is 1. The minimum Gasteiger partial charge on any atom is -0.490 e. The number of fused-ring (bicyclic) bond motifs is 1. The number of amides is 1. The quantitative estimate of drug-likeness (QED) is 0.525. The number of hydrogen-bond acceptors (Lipinski definition) is 4. The zero-order chi connectivity index (χ0) is 20.3. The summed E-state index contributed by atoms with van der Waals surface area (Å²) < 4.78 is 12.5. The monoisotopic (exact) mass is 442 g/mol. The molecule has 0 spiro atoms. The first-order chi connectivity index (χ1) is 13.3. The van der Waals surface area contributed by atoms with Crippen molar-refractivity contribution in [2.75, 3.05) is 0 Å². The van der Waals surface area contributed by atoms with E-state index in [9.17, 15) is 4.79 Å². The molecule has 1 heterocycles. The molecule has 0 fully saturated rings. The Morgan fingerprint density at radius 1 is 1.07 bits per heavy atom. The first-order valence-corrected chi connectivity index (χ1v) is 9.93. The van der Waals surface area contributed by atoms with Gasteiger partial charge in [0.25, 0.3) is 0 Å². The second-order valence-electron chi connectivity index (χ2n) is 6.88. The Labute approximate surface area is 173 Å². The second-order valence-corrected chi connectivity index (χ2v) is 7.74. The van der Waals surface area contributed by atoms with E-state index in [1.54, 1.807) is 0 Å². The lowest BCUT2D eigenvalue weighted by atomic mass is 10.1. The van der Waals surface area contributed by atoms with E-state index in [0.29, 0.717) is 11.6 Å². The summed E-state index contributed by atoms with van der Waals surface area (Å²) in [4.78, 5) is 15.8. The number of rotatable bonds is 6. The van der Waals surface area contributed by atoms with Gasteiger partial charge in [-0.2, -0.15) is 0 Å². The fourth-order valence-corrected chi connectivity index (χ4v) is 3.31. The number of carbonyl (C=O) groups is 1. The first-order valence-electron chi connectivity index (χ1n) is 9.13. The van der Waals surface area contributed by atoms with Gasteiger partial charge in [-0.25, -0.2) is 4.98 Å². The Morgan fingerprint density at radius 2 is 1.86 bits per heavy atom. The van der Waals surface area contributed by atoms with Crippen LogP contribution in [-0.4, -0.2) is 17.0 Å². The van der Waals surface area contributed by atoms with Gasteiger partial charge in [-0.05, 0) is 78.7 Å². The number of benzene rings is 2. The molecular weight excluding hydrogens is 420 g/mol. The second kappa shape index (κ2) is 8.61. The first kappa shape index (κ1) is 20.1. The molecule has 146 valence electrons. The van der Waals surface area contributed by atoms with Crippen LogP contribution in [0.25, 0.3) is 10.9 Å². The van der Waals surface area contributed by atoms with Gasteiger partial charge < -0.3 is 14.8 Å². The van der Waals surface area contributed by atoms with Crippen LogP contribution in [-0.2, 0) is 4.79 Å². The smallest absolute Gasteiger partial charge is 0.219 e. The maximum atomic E-state index is 11.3. The molecule has 0 saturated carbocycles. The van der Waals surface area contributed by atoms with Gasteiger partial charge >= 0.3 is 0 Å². The van der Waals surface area contributed by atoms with Gasteiger partial charge in [-0.1, -0.05) is 6.07 Å². The summed E-state index contributed by atoms with van der Waals surface area (Å²) in [7, 11) is 0. The largest absolute Gasteiger partial charge is 0.490 e. The van der Waals surface area contributed by atoms with Crippen LogP contribution in [0, 0.1) is 0 Å². The van der Waals surface area contributed by atoms with Crippen LogP contribution in [0.15, 0.2) is 53.0 Å². The third-order valence-corrected chi connectivity index (χ3v) is 4.72. The highest BCUT2D eigenvalue weighted by Crippen LogP contribution is 2.32. The Morgan fingerprint density at radius 3 is 2.54 bits per heavy atom. The molecule has 0 bridgehead atoms. The van der Waals surface area contributed by atoms with E-state index in [0.717, 1.165) is 26.7 Å². The van der Waals surface area contributed by atoms with E-state index >= 15 is 0 Å². The minimum atomic E-state index is -0.0539. The van der Waals surface area contributed by atoms with Crippen molar-refractivity contribution in [3.63, 3.8) is 0 Å². The van der Waals surface area contributed by atoms with E-state index in [-0.39, 0.29) is 18.1 Å². The van der Waals surface area contributed by atoms with Gasteiger partial charge in [0.15, 0.2) is 0 Å². The summed E-state index contributed by atoms with van der Waals surface area (Å²) in [6.45, 7) is 7.44. The molecule has 0 aliphatic heterocycles. The van der Waals surface area contributed by atoms with Crippen molar-refractivity contribution in [1.82, 2.24) is 10.3 Å². The number of nitrogens with one attached hydrogen (secondary N) is 1. The predicted octanol–water partition coefficient (Wildman–Crippen LogP) is 5.77. The number of pyridine rings is 1. The minimum absolute atomic E-state index is 0.0505. The van der Waals surface area contributed by atoms with Gasteiger partial charge in [0.2, 0.25) is 11.8 Å². The van der Waals surface area contributed by atoms with Crippen molar-refractivity contribution >= 4 is 32.7 Å². The van der Waals surface area contributed by atoms with Gasteiger partial charge in [0, 0.05) is 18.4 Å². The number of hydrogen-bond donors (Lipinski definition) is 1. The molecule has 3 rings (SSSR count). The standard InChI is InChI=1S/C22H23BrN2O3/c1-13(2)27-21-9-7-18(12-19(21)23)28-22-10-6-17-11-16(5-8-20(17)25-22)14(3)24-15(4)26/h5-14H,1-4H3,(H,24,26). The lowest BCUT2D eigenvalue weighted by Crippen LogP contribution is -2.23. The molecule has 1 aromatic heterocycles. The van der Waals surface area contributed by atoms with Gasteiger partial charge in [0.05, 0.1) is 22.1 Å². The van der Waals surface area contributed by atoms with Crippen LogP contribution < -0.4 is 14.8 Å². The van der Waals surface area contributed by atoms with Gasteiger partial charge in [-0.3, -0.25) is 4.79 Å². The molecule has 0 aliphatic rings. The third kappa shape index (κ3) is 5.01. The Balaban J connectivity index is 1.79. The fraction of sp³-hybridized carbons (Fsp3) is 0.273. The van der Waals surface area contributed by atoms with Crippen molar-refractivity contribution < 1.29 is 14.3 Å². The Kier molecular flexibility index (Phi) is 6.19. The van der Waals surface area contributed by atoms with E-state index in [4.69, 9.17) is 9.47 Å². The van der Waals surface area contributed by atoms with Crippen LogP contribution in [0.1, 0.15) is 39.3 Å². The normalized spacial score (nSPS) is 12.1. The summed E-state index contributed by atoms with van der Waals surface area (Å²) in [5.41, 5.74) is 1.86. The summed E-state index contributed by atoms with van der Waals surface area (Å²) in [5.74, 6) is 1.91. The maximum absolute atomic E-state index is 11.3. The van der Waals surface area contributed by atoms with Crippen molar-refractivity contribution in [2.24, 2.45) is 0 Å². The van der Waals surface area contributed by atoms with E-state index in [2.05, 4.69) is 26.2 Å². The van der Waals surface area contributed by atoms with Gasteiger partial charge in [-0.15, -0.1) is 0 Å². The van der Waals surface area contributed by atoms with Crippen LogP contribution in [0.2, 0.25) is 0 Å². The molecule has 0 radical (unpaired) electrons. The van der Waals surface area contributed by atoms with Crippen molar-refractivity contribution in [1.29, 1.82) is 0 Å². The third-order valence-electron chi connectivity index (χ3n) is 4.10. The van der Waals surface area contributed by atoms with E-state index in [1.165, 1.54) is 6.92 Å². The number of ether oxygens (including phenoxy) is 2. The summed E-state index contributed by atoms with van der Waals surface area (Å²) in [6.07, 6.45) is 0.100. The van der Waals surface area contributed by atoms with Gasteiger partial charge in [0.1, 0.15) is 11.5 Å². The highest BCUT2D eigenvalue weighted by Gasteiger charge is 2.10. The average molecular weight is 443 g/mol. The molecule has 0 aliphatic carbocycles. The van der Waals surface area contributed by atoms with E-state index < -0.39 is 0 Å². The topological polar surface area (TPSA) is 60.5 Å². The van der Waals surface area contributed by atoms with Crippen molar-refractivity contribution in [2.45, 2.75) is 39.8 Å². The van der Waals surface area contributed by atoms with Crippen LogP contribution >= 0.6 is 15.9 Å². The zero-order valence-corrected chi connectivity index (χ0v) is 17.9. The molecular formula is C22H23BrN2O3. The summed E-state index contributed by atoms with van der Waals surface area (Å²) in [6, 6.07) is 15.3. The number of nitrogens with zero attached hydrogens (tertiary/aromatic N) is 1. The summed E-state index contributed by atoms with van der Waals surface area (Å²) >= 11 is 3.51. The Bertz CT molecular complexity index is 1000. The lowest BCUT2D eigenvalue weighted by molar-refractivity contribution is -0.119. The number of aromatic nitrogens is 1. The molecule has 0 saturated heterocycles. The van der Waals surface area contributed by atoms with Crippen molar-refractivity contribution in [3.05, 3.63) is 58.6 Å². The molecule has 1 atom stereocenters. The molecule has 3 aromatic rings. The van der Waals surface area contributed by atoms with Crippen LogP contribution in [0.4, 0.5) is 0 Å². The highest BCUT2D eigenvalue weighted by molar-refractivity contribution is 9.10. The lowest BCUT2D eigenvalue weighted by Gasteiger charge is -2.14. The molecule has 1 unspecified atom stereocenters. The molecule has 2 aromatic carbocycles. The van der Waals surface area contributed by atoms with Crippen molar-refractivity contribution in [3.8, 4) is 17.4 Å². The predicted molar refractivity (Wildman–Crippen MR) is 114 cm³/mol. The zero-order valence-electron chi connectivity index (χ0n) is 16.3. The van der Waals surface area contributed by atoms with Crippen LogP contribution in [0.5, 0.6) is 17.4 Å². The van der Waals surface area contributed by atoms with Crippen LogP contribution in [0.3, 0.4) is 0 Å². The highest BCUT2D eigenvalue weighted by atomic mass is 79.9. The maximum Gasteiger partial charge on any atom is 0.219 e. The molecule has 6 heteroatoms. The fourth-order valence-electron chi connectivity index (χ4n) is 2.86. The molecule has 28 heavy (non-hydrogen) atoms.